The Morgan fingerprint density at radius 1 is 0.600 bits per heavy atom. The second kappa shape index (κ2) is 17.3. The summed E-state index contributed by atoms with van der Waals surface area (Å²) < 4.78 is 11.0. The van der Waals surface area contributed by atoms with Gasteiger partial charge in [0.2, 0.25) is 0 Å². The van der Waals surface area contributed by atoms with E-state index in [1.54, 1.807) is 0 Å². The fourth-order valence-electron chi connectivity index (χ4n) is 3.02. The fraction of sp³-hybridized carbons (Fsp3) is 1.00. The van der Waals surface area contributed by atoms with Crippen molar-refractivity contribution in [3.63, 3.8) is 0 Å². The Morgan fingerprint density at radius 3 is 1.24 bits per heavy atom. The molecule has 2 fully saturated rings. The maximum atomic E-state index is 5.50. The molecular weight excluding hydrogens is 312 g/mol. The molecule has 2 aliphatic rings. The summed E-state index contributed by atoms with van der Waals surface area (Å²) in [5, 5.41) is 0. The van der Waals surface area contributed by atoms with E-state index in [0.717, 1.165) is 26.3 Å². The van der Waals surface area contributed by atoms with Crippen LogP contribution in [-0.2, 0) is 9.47 Å². The van der Waals surface area contributed by atoms with Gasteiger partial charge in [0.15, 0.2) is 0 Å². The Bertz CT molecular complexity index is 261. The third-order valence-corrected chi connectivity index (χ3v) is 4.36. The molecule has 2 rings (SSSR count). The van der Waals surface area contributed by atoms with Crippen LogP contribution in [-0.4, -0.2) is 74.5 Å². The van der Waals surface area contributed by atoms with Gasteiger partial charge in [-0.1, -0.05) is 21.3 Å². The molecule has 0 bridgehead atoms. The zero-order valence-corrected chi connectivity index (χ0v) is 16.1. The first-order valence-corrected chi connectivity index (χ1v) is 9.76. The number of ether oxygens (including phenoxy) is 2. The number of hydrogen-bond acceptors (Lipinski definition) is 4. The van der Waals surface area contributed by atoms with Gasteiger partial charge in [-0.2, -0.15) is 0 Å². The van der Waals surface area contributed by atoms with E-state index in [1.807, 2.05) is 0 Å². The van der Waals surface area contributed by atoms with Crippen LogP contribution in [0.2, 0.25) is 0 Å². The van der Waals surface area contributed by atoms with Crippen molar-refractivity contribution in [3.05, 3.63) is 0 Å². The molecule has 154 valence electrons. The molecule has 0 amide bonds. The van der Waals surface area contributed by atoms with E-state index in [-0.39, 0.29) is 14.9 Å². The van der Waals surface area contributed by atoms with Crippen molar-refractivity contribution < 1.29 is 9.47 Å². The van der Waals surface area contributed by atoms with Gasteiger partial charge in [0.25, 0.3) is 0 Å². The van der Waals surface area contributed by atoms with Crippen molar-refractivity contribution in [3.8, 4) is 0 Å². The van der Waals surface area contributed by atoms with E-state index in [2.05, 4.69) is 37.5 Å². The maximum Gasteiger partial charge on any atom is 0.0596 e. The van der Waals surface area contributed by atoms with Crippen LogP contribution in [0.15, 0.2) is 0 Å². The van der Waals surface area contributed by atoms with Gasteiger partial charge in [-0.05, 0) is 79.6 Å². The van der Waals surface area contributed by atoms with Crippen molar-refractivity contribution in [2.45, 2.75) is 86.9 Å². The van der Waals surface area contributed by atoms with E-state index < -0.39 is 0 Å². The molecule has 25 heavy (non-hydrogen) atoms. The van der Waals surface area contributed by atoms with Crippen LogP contribution in [0.5, 0.6) is 0 Å². The molecule has 2 heterocycles. The highest BCUT2D eigenvalue weighted by Gasteiger charge is 2.10. The highest BCUT2D eigenvalue weighted by atomic mass is 16.5. The fourth-order valence-corrected chi connectivity index (χ4v) is 3.02. The van der Waals surface area contributed by atoms with Crippen molar-refractivity contribution in [1.82, 2.24) is 9.80 Å². The van der Waals surface area contributed by atoms with E-state index in [4.69, 9.17) is 9.47 Å². The minimum atomic E-state index is 0. The minimum absolute atomic E-state index is 0. The van der Waals surface area contributed by atoms with E-state index >= 15 is 0 Å². The third kappa shape index (κ3) is 15.8. The highest BCUT2D eigenvalue weighted by molar-refractivity contribution is 4.65. The number of hydrogen-bond donors (Lipinski definition) is 0. The Morgan fingerprint density at radius 2 is 0.920 bits per heavy atom. The van der Waals surface area contributed by atoms with Crippen molar-refractivity contribution in [2.24, 2.45) is 0 Å². The Kier molecular flexibility index (Phi) is 18.7. The first kappa shape index (κ1) is 27.1. The lowest BCUT2D eigenvalue weighted by molar-refractivity contribution is 0.0550. The summed E-state index contributed by atoms with van der Waals surface area (Å²) >= 11 is 0. The lowest BCUT2D eigenvalue weighted by Gasteiger charge is -2.26. The monoisotopic (exact) mass is 360 g/mol. The Hall–Kier alpha value is -0.160. The maximum absolute atomic E-state index is 5.50. The van der Waals surface area contributed by atoms with Gasteiger partial charge < -0.3 is 19.3 Å². The van der Waals surface area contributed by atoms with Gasteiger partial charge in [0, 0.05) is 13.1 Å². The van der Waals surface area contributed by atoms with E-state index in [9.17, 15) is 0 Å². The van der Waals surface area contributed by atoms with Gasteiger partial charge in [0.05, 0.1) is 25.4 Å². The van der Waals surface area contributed by atoms with Crippen LogP contribution in [0.3, 0.4) is 0 Å². The summed E-state index contributed by atoms with van der Waals surface area (Å²) in [5.74, 6) is 0. The van der Waals surface area contributed by atoms with E-state index in [0.29, 0.717) is 12.2 Å². The smallest absolute Gasteiger partial charge is 0.0596 e. The molecule has 0 aliphatic carbocycles. The van der Waals surface area contributed by atoms with Crippen LogP contribution < -0.4 is 0 Å². The van der Waals surface area contributed by atoms with Gasteiger partial charge in [-0.15, -0.1) is 0 Å². The van der Waals surface area contributed by atoms with Crippen molar-refractivity contribution in [2.75, 3.05) is 52.5 Å². The lowest BCUT2D eigenvalue weighted by atomic mass is 10.1. The van der Waals surface area contributed by atoms with Gasteiger partial charge in [0.1, 0.15) is 0 Å². The van der Waals surface area contributed by atoms with Gasteiger partial charge in [-0.25, -0.2) is 0 Å². The average molecular weight is 361 g/mol. The third-order valence-electron chi connectivity index (χ3n) is 4.36. The molecule has 0 radical (unpaired) electrons. The average Bonchev–Trinajstić information content (AvgIpc) is 3.02. The molecule has 0 N–H and O–H groups in total. The summed E-state index contributed by atoms with van der Waals surface area (Å²) in [6, 6.07) is 0. The first-order valence-electron chi connectivity index (χ1n) is 9.76. The van der Waals surface area contributed by atoms with Crippen LogP contribution in [0, 0.1) is 0 Å². The molecule has 0 aromatic rings. The van der Waals surface area contributed by atoms with Crippen LogP contribution in [0.1, 0.15) is 74.7 Å². The zero-order valence-electron chi connectivity index (χ0n) is 16.1. The van der Waals surface area contributed by atoms with Crippen molar-refractivity contribution >= 4 is 0 Å². The number of piperidine rings is 1. The summed E-state index contributed by atoms with van der Waals surface area (Å²) in [4.78, 5) is 4.98. The summed E-state index contributed by atoms with van der Waals surface area (Å²) in [6.07, 6.45) is 7.70. The quantitative estimate of drug-likeness (QED) is 0.627. The topological polar surface area (TPSA) is 24.9 Å². The predicted octanol–water partition coefficient (Wildman–Crippen LogP) is 4.68. The summed E-state index contributed by atoms with van der Waals surface area (Å²) in [6.45, 7) is 17.5. The lowest BCUT2D eigenvalue weighted by Crippen LogP contribution is -2.33. The molecule has 0 aromatic carbocycles. The SMILES string of the molecule is C.C.CC(C)OCCN1CCCC1.CC(C)OCCN1CCCCC1. The van der Waals surface area contributed by atoms with Crippen molar-refractivity contribution in [1.29, 1.82) is 0 Å². The minimum Gasteiger partial charge on any atom is -0.377 e. The number of nitrogens with zero attached hydrogens (tertiary/aromatic N) is 2. The Balaban J connectivity index is 0. The molecule has 4 heteroatoms. The molecule has 2 saturated heterocycles. The number of rotatable bonds is 8. The molecule has 0 spiro atoms. The molecule has 0 saturated carbocycles. The Labute approximate surface area is 159 Å². The highest BCUT2D eigenvalue weighted by Crippen LogP contribution is 2.08. The van der Waals surface area contributed by atoms with Gasteiger partial charge >= 0.3 is 0 Å². The zero-order chi connectivity index (χ0) is 16.9. The standard InChI is InChI=1S/C10H21NO.C9H19NO.2CH4/c1-10(2)12-9-8-11-6-4-3-5-7-11;1-9(2)11-8-7-10-5-3-4-6-10;;/h10H,3-9H2,1-2H3;9H,3-8H2,1-2H3;2*1H4. The van der Waals surface area contributed by atoms with Crippen LogP contribution in [0.25, 0.3) is 0 Å². The molecule has 0 aromatic heterocycles. The molecule has 2 aliphatic heterocycles. The predicted molar refractivity (Wildman–Crippen MR) is 112 cm³/mol. The second-order valence-electron chi connectivity index (χ2n) is 7.29. The molecule has 0 atom stereocenters. The van der Waals surface area contributed by atoms with Crippen LogP contribution >= 0.6 is 0 Å². The summed E-state index contributed by atoms with van der Waals surface area (Å²) in [5.41, 5.74) is 0. The molecule has 4 nitrogen and oxygen atoms in total. The molecular formula is C21H48N2O2. The number of likely N-dealkylation sites (tertiary alicyclic amines) is 2. The van der Waals surface area contributed by atoms with Gasteiger partial charge in [-0.3, -0.25) is 0 Å². The van der Waals surface area contributed by atoms with Crippen LogP contribution in [0.4, 0.5) is 0 Å². The second-order valence-corrected chi connectivity index (χ2v) is 7.29. The largest absolute Gasteiger partial charge is 0.377 e. The summed E-state index contributed by atoms with van der Waals surface area (Å²) in [7, 11) is 0. The molecule has 0 unspecified atom stereocenters. The van der Waals surface area contributed by atoms with E-state index in [1.165, 1.54) is 58.3 Å². The first-order chi connectivity index (χ1) is 11.1. The normalized spacial score (nSPS) is 18.5.